The normalized spacial score (nSPS) is 13.3. The number of anilines is 3. The molecular weight excluding hydrogens is 563 g/mol. The summed E-state index contributed by atoms with van der Waals surface area (Å²) in [7, 11) is 0. The maximum atomic E-state index is 2.46. The van der Waals surface area contributed by atoms with Crippen LogP contribution >= 0.6 is 11.3 Å². The van der Waals surface area contributed by atoms with E-state index in [0.29, 0.717) is 0 Å². The Kier molecular flexibility index (Phi) is 5.78. The number of benzene rings is 7. The monoisotopic (exact) mass is 593 g/mol. The lowest BCUT2D eigenvalue weighted by Crippen LogP contribution is -2.17. The molecule has 2 heteroatoms. The van der Waals surface area contributed by atoms with E-state index in [1.54, 1.807) is 0 Å². The first-order valence-electron chi connectivity index (χ1n) is 15.6. The molecule has 0 spiro atoms. The van der Waals surface area contributed by atoms with Crippen molar-refractivity contribution in [1.82, 2.24) is 0 Å². The lowest BCUT2D eigenvalue weighted by molar-refractivity contribution is 0.662. The predicted molar refractivity (Wildman–Crippen MR) is 195 cm³/mol. The number of hydrogen-bond donors (Lipinski definition) is 0. The van der Waals surface area contributed by atoms with E-state index < -0.39 is 0 Å². The summed E-state index contributed by atoms with van der Waals surface area (Å²) in [5.41, 5.74) is 11.3. The lowest BCUT2D eigenvalue weighted by Gasteiger charge is -2.29. The Bertz CT molecular complexity index is 2410. The van der Waals surface area contributed by atoms with Gasteiger partial charge in [-0.15, -0.1) is 11.3 Å². The largest absolute Gasteiger partial charge is 0.310 e. The summed E-state index contributed by atoms with van der Waals surface area (Å²) in [5, 5.41) is 5.09. The van der Waals surface area contributed by atoms with E-state index in [-0.39, 0.29) is 5.41 Å². The molecule has 1 heterocycles. The van der Waals surface area contributed by atoms with Gasteiger partial charge in [-0.3, -0.25) is 0 Å². The molecule has 0 unspecified atom stereocenters. The van der Waals surface area contributed by atoms with E-state index in [4.69, 9.17) is 0 Å². The molecule has 1 aromatic heterocycles. The molecule has 1 aliphatic rings. The smallest absolute Gasteiger partial charge is 0.0474 e. The quantitative estimate of drug-likeness (QED) is 0.196. The topological polar surface area (TPSA) is 3.24 Å². The molecule has 1 nitrogen and oxygen atoms in total. The zero-order valence-corrected chi connectivity index (χ0v) is 26.1. The van der Waals surface area contributed by atoms with Gasteiger partial charge in [0, 0.05) is 42.6 Å². The van der Waals surface area contributed by atoms with Crippen molar-refractivity contribution >= 4 is 59.3 Å². The summed E-state index contributed by atoms with van der Waals surface area (Å²) < 4.78 is 2.64. The molecule has 0 saturated heterocycles. The molecule has 0 N–H and O–H groups in total. The summed E-state index contributed by atoms with van der Waals surface area (Å²) in [6.45, 7) is 4.75. The van der Waals surface area contributed by atoms with E-state index in [9.17, 15) is 0 Å². The molecule has 214 valence electrons. The van der Waals surface area contributed by atoms with Crippen molar-refractivity contribution in [3.8, 4) is 22.3 Å². The van der Waals surface area contributed by atoms with Crippen LogP contribution in [0.2, 0.25) is 0 Å². The van der Waals surface area contributed by atoms with Crippen LogP contribution in [0.25, 0.3) is 53.2 Å². The summed E-state index contributed by atoms with van der Waals surface area (Å²) >= 11 is 1.87. The minimum absolute atomic E-state index is 0.113. The van der Waals surface area contributed by atoms with Gasteiger partial charge in [0.2, 0.25) is 0 Å². The van der Waals surface area contributed by atoms with Gasteiger partial charge in [-0.2, -0.15) is 0 Å². The van der Waals surface area contributed by atoms with E-state index in [1.807, 2.05) is 11.3 Å². The fraction of sp³-hybridized carbons (Fsp3) is 0.0698. The van der Waals surface area contributed by atoms with Crippen LogP contribution in [0.1, 0.15) is 25.0 Å². The highest BCUT2D eigenvalue weighted by molar-refractivity contribution is 7.25. The first-order chi connectivity index (χ1) is 22.1. The molecule has 0 amide bonds. The highest BCUT2D eigenvalue weighted by Crippen LogP contribution is 2.54. The Morgan fingerprint density at radius 1 is 0.467 bits per heavy atom. The third-order valence-electron chi connectivity index (χ3n) is 9.59. The van der Waals surface area contributed by atoms with E-state index >= 15 is 0 Å². The van der Waals surface area contributed by atoms with Gasteiger partial charge >= 0.3 is 0 Å². The fourth-order valence-corrected chi connectivity index (χ4v) is 8.59. The second-order valence-electron chi connectivity index (χ2n) is 12.6. The van der Waals surface area contributed by atoms with Crippen molar-refractivity contribution in [2.45, 2.75) is 19.3 Å². The summed E-state index contributed by atoms with van der Waals surface area (Å²) in [5.74, 6) is 0. The molecular formula is C43H31NS. The SMILES string of the molecule is CC1(C)c2ccccc2-c2cc(N(c3ccc4ccccc4c3)c3ccc4sc5ccccc5c4c3)cc(-c3ccccc3)c21. The molecule has 0 atom stereocenters. The number of nitrogens with zero attached hydrogens (tertiary/aromatic N) is 1. The lowest BCUT2D eigenvalue weighted by atomic mass is 9.78. The van der Waals surface area contributed by atoms with Crippen LogP contribution in [0.15, 0.2) is 152 Å². The summed E-state index contributed by atoms with van der Waals surface area (Å²) in [6.07, 6.45) is 0. The Morgan fingerprint density at radius 2 is 1.13 bits per heavy atom. The summed E-state index contributed by atoms with van der Waals surface area (Å²) in [4.78, 5) is 2.46. The van der Waals surface area contributed by atoms with Crippen molar-refractivity contribution in [3.05, 3.63) is 163 Å². The van der Waals surface area contributed by atoms with Crippen molar-refractivity contribution in [2.75, 3.05) is 4.90 Å². The number of rotatable bonds is 4. The van der Waals surface area contributed by atoms with E-state index in [0.717, 1.165) is 17.1 Å². The predicted octanol–water partition coefficient (Wildman–Crippen LogP) is 12.7. The standard InChI is InChI=1S/C43H31NS/c1-43(2)39-18-10-8-16-34(39)38-27-33(26-36(42(38)43)29-13-4-3-5-14-29)44(31-21-20-28-12-6-7-15-30(28)24-31)32-22-23-41-37(25-32)35-17-9-11-19-40(35)45-41/h3-27H,1-2H3. The average molecular weight is 594 g/mol. The van der Waals surface area contributed by atoms with Gasteiger partial charge in [-0.1, -0.05) is 117 Å². The van der Waals surface area contributed by atoms with Gasteiger partial charge in [0.25, 0.3) is 0 Å². The summed E-state index contributed by atoms with van der Waals surface area (Å²) in [6, 6.07) is 56.0. The second-order valence-corrected chi connectivity index (χ2v) is 13.7. The van der Waals surface area contributed by atoms with Crippen molar-refractivity contribution in [1.29, 1.82) is 0 Å². The zero-order valence-electron chi connectivity index (χ0n) is 25.3. The van der Waals surface area contributed by atoms with Crippen LogP contribution in [0.4, 0.5) is 17.1 Å². The second kappa shape index (κ2) is 9.92. The maximum Gasteiger partial charge on any atom is 0.0474 e. The minimum atomic E-state index is -0.113. The molecule has 45 heavy (non-hydrogen) atoms. The number of thiophene rings is 1. The molecule has 0 radical (unpaired) electrons. The van der Waals surface area contributed by atoms with Crippen LogP contribution < -0.4 is 4.90 Å². The number of fused-ring (bicyclic) bond motifs is 7. The van der Waals surface area contributed by atoms with Crippen LogP contribution in [-0.4, -0.2) is 0 Å². The highest BCUT2D eigenvalue weighted by atomic mass is 32.1. The average Bonchev–Trinajstić information content (AvgIpc) is 3.57. The van der Waals surface area contributed by atoms with E-state index in [2.05, 4.69) is 170 Å². The molecule has 1 aliphatic carbocycles. The Balaban J connectivity index is 1.36. The fourth-order valence-electron chi connectivity index (χ4n) is 7.50. The third kappa shape index (κ3) is 4.06. The van der Waals surface area contributed by atoms with Crippen LogP contribution in [0, 0.1) is 0 Å². The van der Waals surface area contributed by atoms with Crippen molar-refractivity contribution < 1.29 is 0 Å². The Morgan fingerprint density at radius 3 is 2.02 bits per heavy atom. The van der Waals surface area contributed by atoms with Gasteiger partial charge in [0.05, 0.1) is 0 Å². The Hall–Kier alpha value is -5.18. The van der Waals surface area contributed by atoms with Gasteiger partial charge in [0.1, 0.15) is 0 Å². The van der Waals surface area contributed by atoms with Gasteiger partial charge < -0.3 is 4.90 Å². The Labute approximate surface area is 267 Å². The highest BCUT2D eigenvalue weighted by Gasteiger charge is 2.38. The zero-order chi connectivity index (χ0) is 30.1. The molecule has 7 aromatic carbocycles. The first kappa shape index (κ1) is 26.2. The van der Waals surface area contributed by atoms with Gasteiger partial charge in [-0.25, -0.2) is 0 Å². The minimum Gasteiger partial charge on any atom is -0.310 e. The molecule has 9 rings (SSSR count). The van der Waals surface area contributed by atoms with Gasteiger partial charge in [-0.05, 0) is 92.7 Å². The van der Waals surface area contributed by atoms with Crippen LogP contribution in [-0.2, 0) is 5.41 Å². The molecule has 0 aliphatic heterocycles. The maximum absolute atomic E-state index is 2.46. The van der Waals surface area contributed by atoms with Gasteiger partial charge in [0.15, 0.2) is 0 Å². The third-order valence-corrected chi connectivity index (χ3v) is 10.7. The molecule has 0 bridgehead atoms. The van der Waals surface area contributed by atoms with Crippen LogP contribution in [0.5, 0.6) is 0 Å². The number of hydrogen-bond acceptors (Lipinski definition) is 2. The van der Waals surface area contributed by atoms with E-state index in [1.165, 1.54) is 64.3 Å². The van der Waals surface area contributed by atoms with Crippen molar-refractivity contribution in [3.63, 3.8) is 0 Å². The first-order valence-corrected chi connectivity index (χ1v) is 16.4. The van der Waals surface area contributed by atoms with Crippen LogP contribution in [0.3, 0.4) is 0 Å². The molecule has 8 aromatic rings. The molecule has 0 saturated carbocycles. The molecule has 0 fully saturated rings. The van der Waals surface area contributed by atoms with Crippen molar-refractivity contribution in [2.24, 2.45) is 0 Å².